The van der Waals surface area contributed by atoms with Gasteiger partial charge in [-0.25, -0.2) is 4.98 Å². The van der Waals surface area contributed by atoms with Gasteiger partial charge in [-0.2, -0.15) is 18.4 Å². The number of hydrogen-bond acceptors (Lipinski definition) is 4. The highest BCUT2D eigenvalue weighted by atomic mass is 19.4. The molecule has 0 aliphatic carbocycles. The van der Waals surface area contributed by atoms with E-state index in [4.69, 9.17) is 5.26 Å². The third-order valence-electron chi connectivity index (χ3n) is 3.27. The van der Waals surface area contributed by atoms with Gasteiger partial charge in [0.25, 0.3) is 0 Å². The number of rotatable bonds is 4. The average Bonchev–Trinajstić information content (AvgIpc) is 2.82. The lowest BCUT2D eigenvalue weighted by atomic mass is 10.1. The first-order valence-corrected chi connectivity index (χ1v) is 6.36. The van der Waals surface area contributed by atoms with Crippen LogP contribution in [-0.4, -0.2) is 42.2 Å². The third kappa shape index (κ3) is 4.10. The van der Waals surface area contributed by atoms with Gasteiger partial charge in [0, 0.05) is 19.3 Å². The van der Waals surface area contributed by atoms with Crippen LogP contribution in [0.4, 0.5) is 18.9 Å². The zero-order chi connectivity index (χ0) is 14.6. The second kappa shape index (κ2) is 6.09. The number of alkyl halides is 3. The van der Waals surface area contributed by atoms with Crippen LogP contribution in [0.1, 0.15) is 12.1 Å². The Labute approximate surface area is 115 Å². The summed E-state index contributed by atoms with van der Waals surface area (Å²) >= 11 is 0. The van der Waals surface area contributed by atoms with Crippen molar-refractivity contribution in [2.45, 2.75) is 12.6 Å². The Kier molecular flexibility index (Phi) is 4.45. The van der Waals surface area contributed by atoms with Crippen LogP contribution in [0.5, 0.6) is 0 Å². The van der Waals surface area contributed by atoms with E-state index in [-0.39, 0.29) is 5.92 Å². The molecule has 1 fully saturated rings. The molecule has 1 aromatic rings. The number of nitrogens with zero attached hydrogens (tertiary/aromatic N) is 3. The van der Waals surface area contributed by atoms with Crippen molar-refractivity contribution in [3.05, 3.63) is 24.0 Å². The molecule has 0 saturated carbocycles. The van der Waals surface area contributed by atoms with Gasteiger partial charge in [-0.15, -0.1) is 0 Å². The Balaban J connectivity index is 1.83. The molecule has 1 aliphatic rings. The van der Waals surface area contributed by atoms with Gasteiger partial charge < -0.3 is 5.32 Å². The van der Waals surface area contributed by atoms with Gasteiger partial charge in [-0.3, -0.25) is 4.90 Å². The number of aromatic nitrogens is 1. The number of hydrogen-bond donors (Lipinski definition) is 1. The quantitative estimate of drug-likeness (QED) is 0.921. The lowest BCUT2D eigenvalue weighted by Crippen LogP contribution is -2.33. The van der Waals surface area contributed by atoms with Crippen molar-refractivity contribution in [3.8, 4) is 6.07 Å². The SMILES string of the molecule is N#Cc1ncccc1NCC1CCN(CC(F)(F)F)C1. The average molecular weight is 284 g/mol. The Morgan fingerprint density at radius 3 is 3.00 bits per heavy atom. The molecule has 0 radical (unpaired) electrons. The minimum atomic E-state index is -4.14. The standard InChI is InChI=1S/C13H15F3N4/c14-13(15,16)9-20-5-3-10(8-20)7-19-11-2-1-4-18-12(11)6-17/h1-2,4,10,19H,3,5,7-9H2. The summed E-state index contributed by atoms with van der Waals surface area (Å²) in [4.78, 5) is 5.34. The van der Waals surface area contributed by atoms with Crippen LogP contribution >= 0.6 is 0 Å². The Hall–Kier alpha value is -1.81. The summed E-state index contributed by atoms with van der Waals surface area (Å²) in [5, 5.41) is 12.0. The highest BCUT2D eigenvalue weighted by molar-refractivity contribution is 5.53. The van der Waals surface area contributed by atoms with Crippen LogP contribution in [0.25, 0.3) is 0 Å². The zero-order valence-electron chi connectivity index (χ0n) is 10.8. The predicted molar refractivity (Wildman–Crippen MR) is 68.0 cm³/mol. The van der Waals surface area contributed by atoms with Gasteiger partial charge in [0.15, 0.2) is 5.69 Å². The Bertz CT molecular complexity index is 495. The topological polar surface area (TPSA) is 52.0 Å². The van der Waals surface area contributed by atoms with E-state index in [2.05, 4.69) is 10.3 Å². The minimum Gasteiger partial charge on any atom is -0.382 e. The first-order chi connectivity index (χ1) is 9.48. The molecule has 1 aromatic heterocycles. The van der Waals surface area contributed by atoms with Gasteiger partial charge in [-0.1, -0.05) is 0 Å². The van der Waals surface area contributed by atoms with Gasteiger partial charge >= 0.3 is 6.18 Å². The first-order valence-electron chi connectivity index (χ1n) is 6.36. The highest BCUT2D eigenvalue weighted by Gasteiger charge is 2.34. The number of likely N-dealkylation sites (tertiary alicyclic amines) is 1. The van der Waals surface area contributed by atoms with E-state index in [0.29, 0.717) is 31.0 Å². The van der Waals surface area contributed by atoms with Crippen molar-refractivity contribution in [2.24, 2.45) is 5.92 Å². The fourth-order valence-electron chi connectivity index (χ4n) is 2.37. The number of nitriles is 1. The van der Waals surface area contributed by atoms with E-state index >= 15 is 0 Å². The molecule has 1 unspecified atom stereocenters. The molecular formula is C13H15F3N4. The van der Waals surface area contributed by atoms with E-state index in [1.165, 1.54) is 11.1 Å². The van der Waals surface area contributed by atoms with E-state index in [1.54, 1.807) is 12.1 Å². The van der Waals surface area contributed by atoms with Gasteiger partial charge in [0.2, 0.25) is 0 Å². The van der Waals surface area contributed by atoms with Crippen LogP contribution < -0.4 is 5.32 Å². The summed E-state index contributed by atoms with van der Waals surface area (Å²) in [6.07, 6.45) is -1.88. The summed E-state index contributed by atoms with van der Waals surface area (Å²) in [5.41, 5.74) is 0.932. The van der Waals surface area contributed by atoms with Crippen LogP contribution in [0.2, 0.25) is 0 Å². The summed E-state index contributed by atoms with van der Waals surface area (Å²) in [6.45, 7) is 0.591. The van der Waals surface area contributed by atoms with E-state index < -0.39 is 12.7 Å². The molecule has 0 spiro atoms. The summed E-state index contributed by atoms with van der Waals surface area (Å²) in [6, 6.07) is 5.44. The van der Waals surface area contributed by atoms with Crippen LogP contribution in [0.3, 0.4) is 0 Å². The second-order valence-electron chi connectivity index (χ2n) is 4.90. The monoisotopic (exact) mass is 284 g/mol. The van der Waals surface area contributed by atoms with Crippen molar-refractivity contribution in [3.63, 3.8) is 0 Å². The predicted octanol–water partition coefficient (Wildman–Crippen LogP) is 2.25. The number of pyridine rings is 1. The van der Waals surface area contributed by atoms with Crippen molar-refractivity contribution >= 4 is 5.69 Å². The number of anilines is 1. The van der Waals surface area contributed by atoms with Crippen LogP contribution in [-0.2, 0) is 0 Å². The van der Waals surface area contributed by atoms with E-state index in [1.807, 2.05) is 6.07 Å². The smallest absolute Gasteiger partial charge is 0.382 e. The highest BCUT2D eigenvalue weighted by Crippen LogP contribution is 2.23. The maximum atomic E-state index is 12.3. The molecule has 1 aliphatic heterocycles. The van der Waals surface area contributed by atoms with E-state index in [0.717, 1.165) is 6.42 Å². The van der Waals surface area contributed by atoms with Crippen LogP contribution in [0.15, 0.2) is 18.3 Å². The molecule has 20 heavy (non-hydrogen) atoms. The van der Waals surface area contributed by atoms with Crippen LogP contribution in [0, 0.1) is 17.2 Å². The largest absolute Gasteiger partial charge is 0.401 e. The van der Waals surface area contributed by atoms with Crippen molar-refractivity contribution in [2.75, 3.05) is 31.5 Å². The summed E-state index contributed by atoms with van der Waals surface area (Å²) < 4.78 is 36.8. The maximum Gasteiger partial charge on any atom is 0.401 e. The Morgan fingerprint density at radius 2 is 2.30 bits per heavy atom. The fraction of sp³-hybridized carbons (Fsp3) is 0.538. The van der Waals surface area contributed by atoms with Crippen molar-refractivity contribution in [1.29, 1.82) is 5.26 Å². The van der Waals surface area contributed by atoms with Gasteiger partial charge in [0.1, 0.15) is 6.07 Å². The molecule has 0 amide bonds. The normalized spacial score (nSPS) is 19.8. The second-order valence-corrected chi connectivity index (χ2v) is 4.90. The molecule has 1 N–H and O–H groups in total. The molecule has 1 atom stereocenters. The molecule has 7 heteroatoms. The third-order valence-corrected chi connectivity index (χ3v) is 3.27. The number of halogens is 3. The fourth-order valence-corrected chi connectivity index (χ4v) is 2.37. The minimum absolute atomic E-state index is 0.157. The molecule has 2 heterocycles. The molecule has 0 bridgehead atoms. The maximum absolute atomic E-state index is 12.3. The number of nitrogens with one attached hydrogen (secondary N) is 1. The molecule has 4 nitrogen and oxygen atoms in total. The lowest BCUT2D eigenvalue weighted by molar-refractivity contribution is -0.143. The Morgan fingerprint density at radius 1 is 1.50 bits per heavy atom. The molecular weight excluding hydrogens is 269 g/mol. The van der Waals surface area contributed by atoms with Gasteiger partial charge in [-0.05, 0) is 31.0 Å². The van der Waals surface area contributed by atoms with Crippen molar-refractivity contribution in [1.82, 2.24) is 9.88 Å². The lowest BCUT2D eigenvalue weighted by Gasteiger charge is -2.18. The first kappa shape index (κ1) is 14.6. The van der Waals surface area contributed by atoms with Gasteiger partial charge in [0.05, 0.1) is 12.2 Å². The molecule has 0 aromatic carbocycles. The summed E-state index contributed by atoms with van der Waals surface area (Å²) in [7, 11) is 0. The molecule has 108 valence electrons. The molecule has 2 rings (SSSR count). The zero-order valence-corrected chi connectivity index (χ0v) is 10.8. The molecule has 1 saturated heterocycles. The van der Waals surface area contributed by atoms with E-state index in [9.17, 15) is 13.2 Å². The van der Waals surface area contributed by atoms with Crippen molar-refractivity contribution < 1.29 is 13.2 Å². The summed E-state index contributed by atoms with van der Waals surface area (Å²) in [5.74, 6) is 0.157.